The number of carbonyl (C=O) groups excluding carboxylic acids is 1. The third kappa shape index (κ3) is 4.02. The Morgan fingerprint density at radius 3 is 2.32 bits per heavy atom. The molecular formula is C12H6Br3ClN2O. The molecule has 1 aromatic carbocycles. The second-order valence-corrected chi connectivity index (χ2v) is 6.65. The number of halogens is 4. The van der Waals surface area contributed by atoms with E-state index in [1.165, 1.54) is 6.20 Å². The number of hydrogen-bond acceptors (Lipinski definition) is 2. The van der Waals surface area contributed by atoms with E-state index in [4.69, 9.17) is 11.6 Å². The van der Waals surface area contributed by atoms with Gasteiger partial charge in [-0.15, -0.1) is 0 Å². The SMILES string of the molecule is O=C(Nc1cnc(Cl)c(Br)c1)c1cc(Br)cc(Br)c1. The van der Waals surface area contributed by atoms with E-state index in [9.17, 15) is 4.79 Å². The van der Waals surface area contributed by atoms with Gasteiger partial charge in [0.1, 0.15) is 5.15 Å². The number of carbonyl (C=O) groups is 1. The molecule has 0 fully saturated rings. The Hall–Kier alpha value is -0.430. The monoisotopic (exact) mass is 466 g/mol. The van der Waals surface area contributed by atoms with Crippen LogP contribution in [0, 0.1) is 0 Å². The molecule has 0 aliphatic carbocycles. The number of amides is 1. The Labute approximate surface area is 140 Å². The lowest BCUT2D eigenvalue weighted by atomic mass is 10.2. The van der Waals surface area contributed by atoms with Gasteiger partial charge in [0.25, 0.3) is 5.91 Å². The number of anilines is 1. The van der Waals surface area contributed by atoms with Gasteiger partial charge in [0, 0.05) is 14.5 Å². The topological polar surface area (TPSA) is 42.0 Å². The quantitative estimate of drug-likeness (QED) is 0.609. The molecule has 1 N–H and O–H groups in total. The van der Waals surface area contributed by atoms with Crippen molar-refractivity contribution in [2.45, 2.75) is 0 Å². The maximum Gasteiger partial charge on any atom is 0.255 e. The van der Waals surface area contributed by atoms with Crippen LogP contribution in [0.5, 0.6) is 0 Å². The molecule has 0 aliphatic heterocycles. The van der Waals surface area contributed by atoms with Gasteiger partial charge in [-0.3, -0.25) is 4.79 Å². The van der Waals surface area contributed by atoms with Gasteiger partial charge in [-0.2, -0.15) is 0 Å². The van der Waals surface area contributed by atoms with Crippen molar-refractivity contribution in [3.05, 3.63) is 54.6 Å². The molecule has 1 aromatic heterocycles. The van der Waals surface area contributed by atoms with Gasteiger partial charge in [-0.05, 0) is 40.2 Å². The van der Waals surface area contributed by atoms with Crippen LogP contribution < -0.4 is 5.32 Å². The average Bonchev–Trinajstić information content (AvgIpc) is 2.32. The van der Waals surface area contributed by atoms with Gasteiger partial charge in [0.2, 0.25) is 0 Å². The number of aromatic nitrogens is 1. The van der Waals surface area contributed by atoms with Gasteiger partial charge in [-0.1, -0.05) is 43.5 Å². The first-order valence-electron chi connectivity index (χ1n) is 5.04. The van der Waals surface area contributed by atoms with Crippen LogP contribution >= 0.6 is 59.4 Å². The minimum absolute atomic E-state index is 0.224. The summed E-state index contributed by atoms with van der Waals surface area (Å²) in [5, 5.41) is 3.10. The number of hydrogen-bond donors (Lipinski definition) is 1. The van der Waals surface area contributed by atoms with Crippen molar-refractivity contribution in [3.8, 4) is 0 Å². The second kappa shape index (κ2) is 6.35. The highest BCUT2D eigenvalue weighted by molar-refractivity contribution is 9.11. The molecule has 0 unspecified atom stereocenters. The third-order valence-corrected chi connectivity index (χ3v) is 4.23. The van der Waals surface area contributed by atoms with E-state index in [0.717, 1.165) is 8.95 Å². The van der Waals surface area contributed by atoms with E-state index in [1.54, 1.807) is 18.2 Å². The smallest absolute Gasteiger partial charge is 0.255 e. The third-order valence-electron chi connectivity index (χ3n) is 2.18. The summed E-state index contributed by atoms with van der Waals surface area (Å²) in [5.74, 6) is -0.224. The Bertz CT molecular complexity index is 629. The van der Waals surface area contributed by atoms with Crippen LogP contribution in [-0.2, 0) is 0 Å². The molecule has 0 aliphatic rings. The number of nitrogens with zero attached hydrogens (tertiary/aromatic N) is 1. The molecule has 0 atom stereocenters. The lowest BCUT2D eigenvalue weighted by molar-refractivity contribution is 0.102. The van der Waals surface area contributed by atoms with Crippen LogP contribution in [0.1, 0.15) is 10.4 Å². The van der Waals surface area contributed by atoms with Crippen LogP contribution in [0.15, 0.2) is 43.9 Å². The fraction of sp³-hybridized carbons (Fsp3) is 0. The standard InChI is InChI=1S/C12H6Br3ClN2O/c13-7-1-6(2-8(14)3-7)12(19)18-9-4-10(15)11(16)17-5-9/h1-5H,(H,18,19). The summed E-state index contributed by atoms with van der Waals surface area (Å²) in [6, 6.07) is 7.02. The number of benzene rings is 1. The zero-order valence-electron chi connectivity index (χ0n) is 9.25. The molecule has 0 spiro atoms. The van der Waals surface area contributed by atoms with Crippen molar-refractivity contribution >= 4 is 71.0 Å². The summed E-state index contributed by atoms with van der Waals surface area (Å²) >= 11 is 15.7. The molecule has 2 aromatic rings. The highest BCUT2D eigenvalue weighted by Gasteiger charge is 2.09. The van der Waals surface area contributed by atoms with Crippen LogP contribution in [0.25, 0.3) is 0 Å². The first kappa shape index (κ1) is 15.0. The van der Waals surface area contributed by atoms with Crippen LogP contribution in [0.4, 0.5) is 5.69 Å². The van der Waals surface area contributed by atoms with Crippen molar-refractivity contribution in [3.63, 3.8) is 0 Å². The van der Waals surface area contributed by atoms with E-state index < -0.39 is 0 Å². The van der Waals surface area contributed by atoms with E-state index in [2.05, 4.69) is 58.1 Å². The lowest BCUT2D eigenvalue weighted by Crippen LogP contribution is -2.12. The molecule has 3 nitrogen and oxygen atoms in total. The summed E-state index contributed by atoms with van der Waals surface area (Å²) in [5.41, 5.74) is 1.10. The maximum atomic E-state index is 12.1. The largest absolute Gasteiger partial charge is 0.321 e. The summed E-state index contributed by atoms with van der Waals surface area (Å²) in [7, 11) is 0. The predicted octanol–water partition coefficient (Wildman–Crippen LogP) is 5.27. The van der Waals surface area contributed by atoms with Crippen LogP contribution in [0.2, 0.25) is 5.15 Å². The molecule has 0 saturated carbocycles. The zero-order chi connectivity index (χ0) is 14.0. The second-order valence-electron chi connectivity index (χ2n) is 3.61. The highest BCUT2D eigenvalue weighted by Crippen LogP contribution is 2.24. The molecule has 1 amide bonds. The number of nitrogens with one attached hydrogen (secondary N) is 1. The zero-order valence-corrected chi connectivity index (χ0v) is 14.8. The van der Waals surface area contributed by atoms with Crippen molar-refractivity contribution < 1.29 is 4.79 Å². The molecule has 19 heavy (non-hydrogen) atoms. The summed E-state index contributed by atoms with van der Waals surface area (Å²) in [6.45, 7) is 0. The summed E-state index contributed by atoms with van der Waals surface area (Å²) < 4.78 is 2.27. The Morgan fingerprint density at radius 2 is 1.74 bits per heavy atom. The van der Waals surface area contributed by atoms with Crippen molar-refractivity contribution in [1.29, 1.82) is 0 Å². The molecule has 1 heterocycles. The van der Waals surface area contributed by atoms with Crippen molar-refractivity contribution in [1.82, 2.24) is 4.98 Å². The molecule has 7 heteroatoms. The van der Waals surface area contributed by atoms with E-state index in [0.29, 0.717) is 20.9 Å². The van der Waals surface area contributed by atoms with Crippen LogP contribution in [-0.4, -0.2) is 10.9 Å². The van der Waals surface area contributed by atoms with Gasteiger partial charge >= 0.3 is 0 Å². The Morgan fingerprint density at radius 1 is 1.11 bits per heavy atom. The molecule has 2 rings (SSSR count). The fourth-order valence-electron chi connectivity index (χ4n) is 1.38. The first-order valence-corrected chi connectivity index (χ1v) is 7.80. The average molecular weight is 469 g/mol. The number of pyridine rings is 1. The van der Waals surface area contributed by atoms with E-state index in [1.807, 2.05) is 6.07 Å². The summed E-state index contributed by atoms with van der Waals surface area (Å²) in [4.78, 5) is 16.0. The fourth-order valence-corrected chi connectivity index (χ4v) is 3.12. The predicted molar refractivity (Wildman–Crippen MR) is 86.7 cm³/mol. The van der Waals surface area contributed by atoms with Crippen molar-refractivity contribution in [2.75, 3.05) is 5.32 Å². The minimum Gasteiger partial charge on any atom is -0.321 e. The number of rotatable bonds is 2. The molecule has 0 saturated heterocycles. The summed E-state index contributed by atoms with van der Waals surface area (Å²) in [6.07, 6.45) is 1.50. The maximum absolute atomic E-state index is 12.1. The van der Waals surface area contributed by atoms with Gasteiger partial charge in [-0.25, -0.2) is 4.98 Å². The van der Waals surface area contributed by atoms with Gasteiger partial charge in [0.05, 0.1) is 16.4 Å². The lowest BCUT2D eigenvalue weighted by Gasteiger charge is -2.07. The van der Waals surface area contributed by atoms with Gasteiger partial charge < -0.3 is 5.32 Å². The normalized spacial score (nSPS) is 10.3. The Kier molecular flexibility index (Phi) is 5.00. The van der Waals surface area contributed by atoms with Crippen LogP contribution in [0.3, 0.4) is 0 Å². The minimum atomic E-state index is -0.224. The molecular weight excluding hydrogens is 463 g/mol. The van der Waals surface area contributed by atoms with E-state index >= 15 is 0 Å². The Balaban J connectivity index is 2.22. The van der Waals surface area contributed by atoms with Crippen molar-refractivity contribution in [2.24, 2.45) is 0 Å². The highest BCUT2D eigenvalue weighted by atomic mass is 79.9. The molecule has 0 bridgehead atoms. The first-order chi connectivity index (χ1) is 8.95. The molecule has 0 radical (unpaired) electrons. The van der Waals surface area contributed by atoms with Gasteiger partial charge in [0.15, 0.2) is 0 Å². The molecule has 98 valence electrons. The van der Waals surface area contributed by atoms with E-state index in [-0.39, 0.29) is 5.91 Å².